The average Bonchev–Trinajstić information content (AvgIpc) is 2.93. The lowest BCUT2D eigenvalue weighted by Gasteiger charge is -2.35. The lowest BCUT2D eigenvalue weighted by molar-refractivity contribution is 0.0623. The second kappa shape index (κ2) is 9.18. The van der Waals surface area contributed by atoms with Crippen LogP contribution in [0.5, 0.6) is 0 Å². The Morgan fingerprint density at radius 2 is 1.59 bits per heavy atom. The summed E-state index contributed by atoms with van der Waals surface area (Å²) in [5, 5.41) is 0. The van der Waals surface area contributed by atoms with Crippen LogP contribution in [0.4, 0.5) is 5.69 Å². The number of piperidine rings is 1. The molecular weight excluding hydrogens is 444 g/mol. The number of likely N-dealkylation sites (tertiary alicyclic amines) is 1. The van der Waals surface area contributed by atoms with Crippen LogP contribution >= 0.6 is 0 Å². The van der Waals surface area contributed by atoms with E-state index >= 15 is 0 Å². The van der Waals surface area contributed by atoms with Crippen molar-refractivity contribution in [1.29, 1.82) is 0 Å². The molecule has 0 N–H and O–H groups in total. The molecule has 1 saturated heterocycles. The first kappa shape index (κ1) is 22.5. The number of nitrogens with zero attached hydrogens (tertiary/aromatic N) is 2. The van der Waals surface area contributed by atoms with Crippen molar-refractivity contribution in [3.63, 3.8) is 0 Å². The van der Waals surface area contributed by atoms with Crippen molar-refractivity contribution in [3.05, 3.63) is 89.5 Å². The minimum Gasteiger partial charge on any atom is -0.338 e. The standard InChI is InChI=1S/C28H28N2O3S/c1-19-14-20(2)17-29(16-19)27(31)22-12-13-26-24(15-22)30(18-21-8-4-3-5-9-21)28(32)23-10-6-7-11-25(23)34(26)33/h3-13,15,19-20H,14,16-18H2,1-2H3. The van der Waals surface area contributed by atoms with Gasteiger partial charge in [0.15, 0.2) is 0 Å². The third-order valence-corrected chi connectivity index (χ3v) is 8.10. The van der Waals surface area contributed by atoms with E-state index in [0.29, 0.717) is 45.0 Å². The highest BCUT2D eigenvalue weighted by atomic mass is 32.2. The Kier molecular flexibility index (Phi) is 6.09. The minimum atomic E-state index is -1.53. The van der Waals surface area contributed by atoms with Crippen LogP contribution in [-0.4, -0.2) is 34.0 Å². The zero-order chi connectivity index (χ0) is 23.8. The largest absolute Gasteiger partial charge is 0.338 e. The molecule has 1 fully saturated rings. The van der Waals surface area contributed by atoms with Crippen LogP contribution in [0.15, 0.2) is 82.6 Å². The van der Waals surface area contributed by atoms with E-state index in [4.69, 9.17) is 0 Å². The van der Waals surface area contributed by atoms with Gasteiger partial charge in [0.1, 0.15) is 0 Å². The second-order valence-electron chi connectivity index (χ2n) is 9.48. The molecule has 0 aliphatic carbocycles. The number of carbonyl (C=O) groups excluding carboxylic acids is 2. The Morgan fingerprint density at radius 3 is 2.32 bits per heavy atom. The molecule has 0 spiro atoms. The topological polar surface area (TPSA) is 57.7 Å². The summed E-state index contributed by atoms with van der Waals surface area (Å²) < 4.78 is 13.6. The molecule has 5 nitrogen and oxygen atoms in total. The summed E-state index contributed by atoms with van der Waals surface area (Å²) >= 11 is 0. The highest BCUT2D eigenvalue weighted by Crippen LogP contribution is 2.36. The van der Waals surface area contributed by atoms with Crippen LogP contribution in [0.25, 0.3) is 0 Å². The van der Waals surface area contributed by atoms with Gasteiger partial charge in [-0.2, -0.15) is 0 Å². The van der Waals surface area contributed by atoms with Gasteiger partial charge in [0, 0.05) is 18.7 Å². The van der Waals surface area contributed by atoms with Crippen LogP contribution in [0, 0.1) is 11.8 Å². The van der Waals surface area contributed by atoms with Crippen LogP contribution in [0.1, 0.15) is 46.5 Å². The molecule has 2 aliphatic rings. The monoisotopic (exact) mass is 472 g/mol. The van der Waals surface area contributed by atoms with E-state index in [1.807, 2.05) is 35.2 Å². The fourth-order valence-electron chi connectivity index (χ4n) is 5.13. The number of benzene rings is 3. The molecule has 2 aliphatic heterocycles. The number of fused-ring (bicyclic) bond motifs is 2. The second-order valence-corrected chi connectivity index (χ2v) is 10.9. The van der Waals surface area contributed by atoms with Gasteiger partial charge in [-0.05, 0) is 54.2 Å². The van der Waals surface area contributed by atoms with Crippen molar-refractivity contribution >= 4 is 28.3 Å². The van der Waals surface area contributed by atoms with E-state index in [1.165, 1.54) is 0 Å². The van der Waals surface area contributed by atoms with Crippen LogP contribution in [0.3, 0.4) is 0 Å². The first-order valence-electron chi connectivity index (χ1n) is 11.7. The molecule has 0 saturated carbocycles. The van der Waals surface area contributed by atoms with E-state index in [2.05, 4.69) is 13.8 Å². The lowest BCUT2D eigenvalue weighted by atomic mass is 9.91. The van der Waals surface area contributed by atoms with Gasteiger partial charge in [-0.25, -0.2) is 4.21 Å². The summed E-state index contributed by atoms with van der Waals surface area (Å²) in [6.07, 6.45) is 1.12. The highest BCUT2D eigenvalue weighted by Gasteiger charge is 2.33. The first-order valence-corrected chi connectivity index (χ1v) is 12.9. The van der Waals surface area contributed by atoms with Crippen molar-refractivity contribution in [2.75, 3.05) is 18.0 Å². The molecular formula is C28H28N2O3S. The Bertz CT molecular complexity index is 1260. The molecule has 5 rings (SSSR count). The number of anilines is 1. The molecule has 6 heteroatoms. The van der Waals surface area contributed by atoms with Crippen molar-refractivity contribution in [2.24, 2.45) is 11.8 Å². The molecule has 3 atom stereocenters. The minimum absolute atomic E-state index is 0.0409. The smallest absolute Gasteiger partial charge is 0.259 e. The van der Waals surface area contributed by atoms with Gasteiger partial charge in [-0.15, -0.1) is 0 Å². The van der Waals surface area contributed by atoms with Gasteiger partial charge in [0.25, 0.3) is 11.8 Å². The van der Waals surface area contributed by atoms with Gasteiger partial charge < -0.3 is 9.80 Å². The molecule has 34 heavy (non-hydrogen) atoms. The number of amides is 2. The fraction of sp³-hybridized carbons (Fsp3) is 0.286. The Labute approximate surface area is 202 Å². The van der Waals surface area contributed by atoms with E-state index in [9.17, 15) is 13.8 Å². The summed E-state index contributed by atoms with van der Waals surface area (Å²) in [6, 6.07) is 22.0. The molecule has 0 radical (unpaired) electrons. The first-order chi connectivity index (χ1) is 16.4. The van der Waals surface area contributed by atoms with Gasteiger partial charge >= 0.3 is 0 Å². The van der Waals surface area contributed by atoms with Gasteiger partial charge in [0.05, 0.1) is 38.4 Å². The van der Waals surface area contributed by atoms with E-state index < -0.39 is 10.8 Å². The zero-order valence-electron chi connectivity index (χ0n) is 19.4. The Morgan fingerprint density at radius 1 is 0.912 bits per heavy atom. The SMILES string of the molecule is CC1CC(C)CN(C(=O)c2ccc3c(c2)N(Cc2ccccc2)C(=O)c2ccccc2S3=O)C1. The molecule has 3 unspecified atom stereocenters. The van der Waals surface area contributed by atoms with E-state index in [0.717, 1.165) is 25.1 Å². The van der Waals surface area contributed by atoms with E-state index in [-0.39, 0.29) is 11.8 Å². The molecule has 174 valence electrons. The third-order valence-electron chi connectivity index (χ3n) is 6.60. The van der Waals surface area contributed by atoms with Crippen molar-refractivity contribution in [1.82, 2.24) is 4.90 Å². The number of carbonyl (C=O) groups is 2. The van der Waals surface area contributed by atoms with Crippen LogP contribution in [0.2, 0.25) is 0 Å². The molecule has 3 aromatic carbocycles. The Hall–Kier alpha value is -3.25. The Balaban J connectivity index is 1.60. The van der Waals surface area contributed by atoms with Crippen molar-refractivity contribution in [3.8, 4) is 0 Å². The third kappa shape index (κ3) is 4.18. The summed E-state index contributed by atoms with van der Waals surface area (Å²) in [5.74, 6) is 0.649. The quantitative estimate of drug-likeness (QED) is 0.531. The van der Waals surface area contributed by atoms with Gasteiger partial charge in [-0.1, -0.05) is 56.3 Å². The fourth-order valence-corrected chi connectivity index (χ4v) is 6.48. The highest BCUT2D eigenvalue weighted by molar-refractivity contribution is 7.85. The lowest BCUT2D eigenvalue weighted by Crippen LogP contribution is -2.42. The van der Waals surface area contributed by atoms with Gasteiger partial charge in [-0.3, -0.25) is 9.59 Å². The molecule has 2 heterocycles. The van der Waals surface area contributed by atoms with Crippen LogP contribution < -0.4 is 4.90 Å². The van der Waals surface area contributed by atoms with Crippen molar-refractivity contribution < 1.29 is 13.8 Å². The summed E-state index contributed by atoms with van der Waals surface area (Å²) in [7, 11) is -1.53. The molecule has 0 aromatic heterocycles. The summed E-state index contributed by atoms with van der Waals surface area (Å²) in [4.78, 5) is 31.8. The maximum atomic E-state index is 13.7. The summed E-state index contributed by atoms with van der Waals surface area (Å²) in [6.45, 7) is 6.13. The maximum absolute atomic E-state index is 13.7. The number of hydrogen-bond acceptors (Lipinski definition) is 3. The molecule has 3 aromatic rings. The number of rotatable bonds is 3. The van der Waals surface area contributed by atoms with E-state index in [1.54, 1.807) is 47.4 Å². The van der Waals surface area contributed by atoms with Crippen LogP contribution in [-0.2, 0) is 17.3 Å². The maximum Gasteiger partial charge on any atom is 0.259 e. The van der Waals surface area contributed by atoms with Crippen molar-refractivity contribution in [2.45, 2.75) is 36.6 Å². The number of hydrogen-bond donors (Lipinski definition) is 0. The predicted molar refractivity (Wildman–Crippen MR) is 133 cm³/mol. The molecule has 0 bridgehead atoms. The predicted octanol–water partition coefficient (Wildman–Crippen LogP) is 5.13. The average molecular weight is 473 g/mol. The summed E-state index contributed by atoms with van der Waals surface area (Å²) in [5.41, 5.74) is 2.45. The zero-order valence-corrected chi connectivity index (χ0v) is 20.3. The normalized spacial score (nSPS) is 22.1. The van der Waals surface area contributed by atoms with Gasteiger partial charge in [0.2, 0.25) is 0 Å². The molecule has 2 amide bonds.